The van der Waals surface area contributed by atoms with E-state index in [-0.39, 0.29) is 5.56 Å². The second-order valence-corrected chi connectivity index (χ2v) is 5.75. The Morgan fingerprint density at radius 2 is 1.77 bits per heavy atom. The monoisotopic (exact) mass is 331 g/mol. The molecule has 0 aliphatic carbocycles. The average molecular weight is 332 g/mol. The van der Waals surface area contributed by atoms with Crippen molar-refractivity contribution in [2.45, 2.75) is 6.92 Å². The van der Waals surface area contributed by atoms with Gasteiger partial charge in [-0.1, -0.05) is 47.5 Å². The first-order valence-corrected chi connectivity index (χ1v) is 7.32. The molecule has 0 fully saturated rings. The first-order valence-electron chi connectivity index (χ1n) is 6.57. The maximum atomic E-state index is 11.7. The van der Waals surface area contributed by atoms with E-state index in [0.717, 1.165) is 5.56 Å². The van der Waals surface area contributed by atoms with Crippen molar-refractivity contribution in [2.75, 3.05) is 0 Å². The number of rotatable bonds is 2. The summed E-state index contributed by atoms with van der Waals surface area (Å²) in [5.41, 5.74) is 2.69. The summed E-state index contributed by atoms with van der Waals surface area (Å²) in [4.78, 5) is 16.3. The number of pyridine rings is 1. The molecule has 0 radical (unpaired) electrons. The second-order valence-electron chi connectivity index (χ2n) is 4.91. The largest absolute Gasteiger partial charge is 0.478 e. The molecule has 1 aromatic heterocycles. The zero-order chi connectivity index (χ0) is 15.9. The Morgan fingerprint density at radius 3 is 2.41 bits per heavy atom. The van der Waals surface area contributed by atoms with Gasteiger partial charge in [-0.3, -0.25) is 0 Å². The highest BCUT2D eigenvalue weighted by atomic mass is 35.5. The van der Waals surface area contributed by atoms with E-state index in [1.165, 1.54) is 0 Å². The van der Waals surface area contributed by atoms with Crippen LogP contribution in [0.4, 0.5) is 0 Å². The van der Waals surface area contributed by atoms with Gasteiger partial charge in [-0.2, -0.15) is 0 Å². The number of fused-ring (bicyclic) bond motifs is 1. The molecule has 0 aliphatic rings. The molecule has 0 atom stereocenters. The molecule has 3 rings (SSSR count). The molecule has 0 amide bonds. The molecule has 3 nitrogen and oxygen atoms in total. The van der Waals surface area contributed by atoms with E-state index >= 15 is 0 Å². The lowest BCUT2D eigenvalue weighted by molar-refractivity contribution is 0.0698. The minimum atomic E-state index is -0.998. The Bertz CT molecular complexity index is 889. The first-order chi connectivity index (χ1) is 10.5. The van der Waals surface area contributed by atoms with Gasteiger partial charge in [0.05, 0.1) is 21.8 Å². The number of hydrogen-bond donors (Lipinski definition) is 1. The fraction of sp³-hybridized carbons (Fsp3) is 0.0588. The number of benzene rings is 2. The van der Waals surface area contributed by atoms with Gasteiger partial charge in [-0.25, -0.2) is 9.78 Å². The molecule has 0 unspecified atom stereocenters. The molecule has 110 valence electrons. The van der Waals surface area contributed by atoms with Gasteiger partial charge in [0.25, 0.3) is 0 Å². The highest BCUT2D eigenvalue weighted by Gasteiger charge is 2.19. The summed E-state index contributed by atoms with van der Waals surface area (Å²) >= 11 is 12.1. The number of aromatic carboxylic acids is 1. The van der Waals surface area contributed by atoms with Gasteiger partial charge in [0.1, 0.15) is 0 Å². The van der Waals surface area contributed by atoms with Crippen LogP contribution >= 0.6 is 23.2 Å². The molecule has 0 spiro atoms. The third kappa shape index (κ3) is 2.43. The lowest BCUT2D eigenvalue weighted by Crippen LogP contribution is -2.05. The van der Waals surface area contributed by atoms with Crippen LogP contribution in [0.15, 0.2) is 42.5 Å². The number of carbonyl (C=O) groups is 1. The van der Waals surface area contributed by atoms with Crippen molar-refractivity contribution >= 4 is 40.1 Å². The van der Waals surface area contributed by atoms with Crippen molar-refractivity contribution in [1.29, 1.82) is 0 Å². The average Bonchev–Trinajstić information content (AvgIpc) is 2.47. The molecule has 0 saturated heterocycles. The van der Waals surface area contributed by atoms with E-state index < -0.39 is 5.97 Å². The van der Waals surface area contributed by atoms with Gasteiger partial charge in [-0.15, -0.1) is 0 Å². The lowest BCUT2D eigenvalue weighted by atomic mass is 9.98. The summed E-state index contributed by atoms with van der Waals surface area (Å²) < 4.78 is 0. The third-order valence-electron chi connectivity index (χ3n) is 3.54. The minimum absolute atomic E-state index is 0.220. The third-order valence-corrected chi connectivity index (χ3v) is 4.10. The number of carboxylic acid groups (broad SMARTS) is 1. The van der Waals surface area contributed by atoms with Crippen molar-refractivity contribution in [3.63, 3.8) is 0 Å². The van der Waals surface area contributed by atoms with E-state index in [0.29, 0.717) is 32.2 Å². The topological polar surface area (TPSA) is 50.2 Å². The SMILES string of the molecule is Cc1c(-c2ccc(Cl)cc2)nc2c(Cl)cccc2c1C(=O)O. The van der Waals surface area contributed by atoms with E-state index in [4.69, 9.17) is 23.2 Å². The molecular formula is C17H11Cl2NO2. The summed E-state index contributed by atoms with van der Waals surface area (Å²) in [7, 11) is 0. The normalized spacial score (nSPS) is 10.9. The summed E-state index contributed by atoms with van der Waals surface area (Å²) in [6, 6.07) is 12.3. The first kappa shape index (κ1) is 14.8. The van der Waals surface area contributed by atoms with Crippen molar-refractivity contribution in [1.82, 2.24) is 4.98 Å². The molecule has 1 heterocycles. The van der Waals surface area contributed by atoms with Crippen molar-refractivity contribution in [2.24, 2.45) is 0 Å². The number of para-hydroxylation sites is 1. The molecule has 2 aromatic carbocycles. The molecule has 22 heavy (non-hydrogen) atoms. The standard InChI is InChI=1S/C17H11Cl2NO2/c1-9-14(17(21)22)12-3-2-4-13(19)16(12)20-15(9)10-5-7-11(18)8-6-10/h2-8H,1H3,(H,21,22). The fourth-order valence-corrected chi connectivity index (χ4v) is 2.85. The lowest BCUT2D eigenvalue weighted by Gasteiger charge is -2.12. The van der Waals surface area contributed by atoms with Gasteiger partial charge in [0.15, 0.2) is 0 Å². The van der Waals surface area contributed by atoms with Crippen molar-refractivity contribution in [3.8, 4) is 11.3 Å². The summed E-state index contributed by atoms with van der Waals surface area (Å²) in [5.74, 6) is -0.998. The van der Waals surface area contributed by atoms with Gasteiger partial charge >= 0.3 is 5.97 Å². The number of halogens is 2. The Morgan fingerprint density at radius 1 is 1.09 bits per heavy atom. The van der Waals surface area contributed by atoms with Crippen LogP contribution in [0.2, 0.25) is 10.0 Å². The number of carboxylic acids is 1. The molecule has 0 aliphatic heterocycles. The van der Waals surface area contributed by atoms with E-state index in [1.54, 1.807) is 37.3 Å². The number of hydrogen-bond acceptors (Lipinski definition) is 2. The van der Waals surface area contributed by atoms with E-state index in [2.05, 4.69) is 4.98 Å². The number of nitrogens with zero attached hydrogens (tertiary/aromatic N) is 1. The fourth-order valence-electron chi connectivity index (χ4n) is 2.51. The van der Waals surface area contributed by atoms with Gasteiger partial charge in [0, 0.05) is 16.0 Å². The summed E-state index contributed by atoms with van der Waals surface area (Å²) in [6.45, 7) is 1.75. The number of aromatic nitrogens is 1. The van der Waals surface area contributed by atoms with Gasteiger partial charge in [0.2, 0.25) is 0 Å². The van der Waals surface area contributed by atoms with Crippen LogP contribution in [0.3, 0.4) is 0 Å². The second kappa shape index (κ2) is 5.59. The van der Waals surface area contributed by atoms with Crippen LogP contribution < -0.4 is 0 Å². The molecule has 1 N–H and O–H groups in total. The zero-order valence-corrected chi connectivity index (χ0v) is 13.1. The molecule has 0 saturated carbocycles. The Hall–Kier alpha value is -2.10. The van der Waals surface area contributed by atoms with Crippen LogP contribution in [-0.2, 0) is 0 Å². The maximum absolute atomic E-state index is 11.7. The van der Waals surface area contributed by atoms with E-state index in [1.807, 2.05) is 12.1 Å². The van der Waals surface area contributed by atoms with Gasteiger partial charge < -0.3 is 5.11 Å². The predicted octanol–water partition coefficient (Wildman–Crippen LogP) is 5.22. The molecule has 0 bridgehead atoms. The quantitative estimate of drug-likeness (QED) is 0.700. The smallest absolute Gasteiger partial charge is 0.336 e. The Kier molecular flexibility index (Phi) is 3.77. The van der Waals surface area contributed by atoms with Crippen LogP contribution in [0, 0.1) is 6.92 Å². The predicted molar refractivity (Wildman–Crippen MR) is 88.9 cm³/mol. The van der Waals surface area contributed by atoms with Crippen LogP contribution in [0.25, 0.3) is 22.2 Å². The van der Waals surface area contributed by atoms with Gasteiger partial charge in [-0.05, 0) is 30.7 Å². The molecule has 5 heteroatoms. The summed E-state index contributed by atoms with van der Waals surface area (Å²) in [5, 5.41) is 11.2. The molecule has 3 aromatic rings. The minimum Gasteiger partial charge on any atom is -0.478 e. The Labute approximate surface area is 137 Å². The Balaban J connectivity index is 2.41. The van der Waals surface area contributed by atoms with Crippen molar-refractivity contribution in [3.05, 3.63) is 63.6 Å². The highest BCUT2D eigenvalue weighted by Crippen LogP contribution is 2.33. The van der Waals surface area contributed by atoms with Crippen molar-refractivity contribution < 1.29 is 9.90 Å². The maximum Gasteiger partial charge on any atom is 0.336 e. The zero-order valence-electron chi connectivity index (χ0n) is 11.6. The van der Waals surface area contributed by atoms with Crippen LogP contribution in [0.1, 0.15) is 15.9 Å². The van der Waals surface area contributed by atoms with E-state index in [9.17, 15) is 9.90 Å². The van der Waals surface area contributed by atoms with Crippen LogP contribution in [-0.4, -0.2) is 16.1 Å². The van der Waals surface area contributed by atoms with Crippen LogP contribution in [0.5, 0.6) is 0 Å². The summed E-state index contributed by atoms with van der Waals surface area (Å²) in [6.07, 6.45) is 0. The highest BCUT2D eigenvalue weighted by molar-refractivity contribution is 6.35. The molecular weight excluding hydrogens is 321 g/mol.